The van der Waals surface area contributed by atoms with Crippen LogP contribution in [0, 0.1) is 0 Å². The van der Waals surface area contributed by atoms with E-state index >= 15 is 0 Å². The van der Waals surface area contributed by atoms with Crippen LogP contribution < -0.4 is 10.6 Å². The average Bonchev–Trinajstić information content (AvgIpc) is 2.48. The second kappa shape index (κ2) is 7.39. The minimum Gasteiger partial charge on any atom is -0.378 e. The van der Waals surface area contributed by atoms with Crippen LogP contribution in [-0.2, 0) is 6.54 Å². The van der Waals surface area contributed by atoms with Gasteiger partial charge in [0.2, 0.25) is 0 Å². The van der Waals surface area contributed by atoms with Crippen LogP contribution in [0.15, 0.2) is 73.3 Å². The van der Waals surface area contributed by atoms with Crippen LogP contribution in [0.4, 0.5) is 5.69 Å². The summed E-state index contributed by atoms with van der Waals surface area (Å²) >= 11 is 0. The lowest BCUT2D eigenvalue weighted by Crippen LogP contribution is -2.30. The van der Waals surface area contributed by atoms with Crippen LogP contribution in [0.1, 0.15) is 5.56 Å². The Labute approximate surface area is 115 Å². The van der Waals surface area contributed by atoms with E-state index in [1.54, 1.807) is 0 Å². The molecule has 0 saturated carbocycles. The molecule has 0 aromatic heterocycles. The van der Waals surface area contributed by atoms with E-state index in [0.717, 1.165) is 18.8 Å². The van der Waals surface area contributed by atoms with Gasteiger partial charge in [-0.3, -0.25) is 0 Å². The van der Waals surface area contributed by atoms with Crippen LogP contribution in [-0.4, -0.2) is 12.6 Å². The highest BCUT2D eigenvalue weighted by Gasteiger charge is 2.03. The van der Waals surface area contributed by atoms with E-state index in [1.165, 1.54) is 5.56 Å². The zero-order chi connectivity index (χ0) is 13.3. The lowest BCUT2D eigenvalue weighted by molar-refractivity contribution is 0.660. The summed E-state index contributed by atoms with van der Waals surface area (Å²) in [7, 11) is 0. The predicted octanol–water partition coefficient (Wildman–Crippen LogP) is 3.44. The minimum atomic E-state index is 0.228. The number of para-hydroxylation sites is 1. The van der Waals surface area contributed by atoms with E-state index in [2.05, 4.69) is 53.6 Å². The third-order valence-corrected chi connectivity index (χ3v) is 2.95. The molecule has 2 rings (SSSR count). The van der Waals surface area contributed by atoms with Crippen molar-refractivity contribution in [3.8, 4) is 0 Å². The number of rotatable bonds is 7. The molecule has 0 heterocycles. The van der Waals surface area contributed by atoms with E-state index < -0.39 is 0 Å². The van der Waals surface area contributed by atoms with Crippen molar-refractivity contribution in [3.63, 3.8) is 0 Å². The maximum Gasteiger partial charge on any atom is 0.0566 e. The fraction of sp³-hybridized carbons (Fsp3) is 0.176. The Morgan fingerprint density at radius 1 is 0.947 bits per heavy atom. The van der Waals surface area contributed by atoms with Crippen LogP contribution in [0.3, 0.4) is 0 Å². The fourth-order valence-corrected chi connectivity index (χ4v) is 1.91. The minimum absolute atomic E-state index is 0.228. The summed E-state index contributed by atoms with van der Waals surface area (Å²) < 4.78 is 0. The Bertz CT molecular complexity index is 479. The second-order valence-electron chi connectivity index (χ2n) is 4.47. The molecule has 2 nitrogen and oxygen atoms in total. The Balaban J connectivity index is 1.78. The van der Waals surface area contributed by atoms with Gasteiger partial charge in [-0.1, -0.05) is 54.6 Å². The largest absolute Gasteiger partial charge is 0.378 e. The van der Waals surface area contributed by atoms with Gasteiger partial charge >= 0.3 is 0 Å². The molecular formula is C17H20N2. The number of benzene rings is 2. The van der Waals surface area contributed by atoms with Crippen molar-refractivity contribution in [1.29, 1.82) is 0 Å². The summed E-state index contributed by atoms with van der Waals surface area (Å²) in [4.78, 5) is 0. The van der Waals surface area contributed by atoms with Gasteiger partial charge in [0.15, 0.2) is 0 Å². The van der Waals surface area contributed by atoms with Crippen molar-refractivity contribution in [3.05, 3.63) is 78.9 Å². The molecule has 0 aliphatic carbocycles. The molecule has 0 fully saturated rings. The smallest absolute Gasteiger partial charge is 0.0566 e. The Morgan fingerprint density at radius 2 is 1.58 bits per heavy atom. The SMILES string of the molecule is C=C[C@@H](CNCc1ccccc1)Nc1ccccc1. The first kappa shape index (κ1) is 13.4. The topological polar surface area (TPSA) is 24.1 Å². The van der Waals surface area contributed by atoms with Crippen LogP contribution in [0.5, 0.6) is 0 Å². The van der Waals surface area contributed by atoms with Gasteiger partial charge in [-0.05, 0) is 17.7 Å². The lowest BCUT2D eigenvalue weighted by Gasteiger charge is -2.17. The predicted molar refractivity (Wildman–Crippen MR) is 82.2 cm³/mol. The third kappa shape index (κ3) is 4.60. The highest BCUT2D eigenvalue weighted by Crippen LogP contribution is 2.07. The highest BCUT2D eigenvalue weighted by atomic mass is 15.0. The first-order valence-electron chi connectivity index (χ1n) is 6.57. The van der Waals surface area contributed by atoms with Gasteiger partial charge in [0.05, 0.1) is 6.04 Å². The fourth-order valence-electron chi connectivity index (χ4n) is 1.91. The molecule has 0 unspecified atom stereocenters. The zero-order valence-electron chi connectivity index (χ0n) is 11.0. The molecule has 0 saturated heterocycles. The summed E-state index contributed by atoms with van der Waals surface area (Å²) in [5.41, 5.74) is 2.42. The molecular weight excluding hydrogens is 232 g/mol. The van der Waals surface area contributed by atoms with Crippen molar-refractivity contribution in [2.45, 2.75) is 12.6 Å². The van der Waals surface area contributed by atoms with Crippen molar-refractivity contribution < 1.29 is 0 Å². The van der Waals surface area contributed by atoms with E-state index in [1.807, 2.05) is 30.3 Å². The van der Waals surface area contributed by atoms with Gasteiger partial charge < -0.3 is 10.6 Å². The van der Waals surface area contributed by atoms with Crippen molar-refractivity contribution in [2.75, 3.05) is 11.9 Å². The molecule has 2 heteroatoms. The molecule has 2 aromatic rings. The van der Waals surface area contributed by atoms with E-state index in [4.69, 9.17) is 0 Å². The summed E-state index contributed by atoms with van der Waals surface area (Å²) in [6, 6.07) is 20.8. The van der Waals surface area contributed by atoms with E-state index in [-0.39, 0.29) is 6.04 Å². The lowest BCUT2D eigenvalue weighted by atomic mass is 10.2. The molecule has 19 heavy (non-hydrogen) atoms. The number of hydrogen-bond acceptors (Lipinski definition) is 2. The van der Waals surface area contributed by atoms with Crippen molar-refractivity contribution >= 4 is 5.69 Å². The number of hydrogen-bond donors (Lipinski definition) is 2. The molecule has 1 atom stereocenters. The van der Waals surface area contributed by atoms with Crippen LogP contribution in [0.25, 0.3) is 0 Å². The first-order valence-corrected chi connectivity index (χ1v) is 6.57. The van der Waals surface area contributed by atoms with E-state index in [9.17, 15) is 0 Å². The van der Waals surface area contributed by atoms with Gasteiger partial charge in [-0.2, -0.15) is 0 Å². The number of anilines is 1. The van der Waals surface area contributed by atoms with Gasteiger partial charge in [0, 0.05) is 18.8 Å². The monoisotopic (exact) mass is 252 g/mol. The van der Waals surface area contributed by atoms with Gasteiger partial charge in [-0.15, -0.1) is 6.58 Å². The summed E-state index contributed by atoms with van der Waals surface area (Å²) in [5.74, 6) is 0. The van der Waals surface area contributed by atoms with Crippen molar-refractivity contribution in [1.82, 2.24) is 5.32 Å². The Morgan fingerprint density at radius 3 is 2.21 bits per heavy atom. The van der Waals surface area contributed by atoms with Crippen LogP contribution >= 0.6 is 0 Å². The van der Waals surface area contributed by atoms with Gasteiger partial charge in [0.25, 0.3) is 0 Å². The van der Waals surface area contributed by atoms with Crippen LogP contribution in [0.2, 0.25) is 0 Å². The molecule has 2 aromatic carbocycles. The molecule has 0 bridgehead atoms. The molecule has 0 aliphatic heterocycles. The van der Waals surface area contributed by atoms with E-state index in [0.29, 0.717) is 0 Å². The molecule has 2 N–H and O–H groups in total. The highest BCUT2D eigenvalue weighted by molar-refractivity contribution is 5.44. The quantitative estimate of drug-likeness (QED) is 0.738. The molecule has 0 spiro atoms. The van der Waals surface area contributed by atoms with Crippen molar-refractivity contribution in [2.24, 2.45) is 0 Å². The Hall–Kier alpha value is -2.06. The molecule has 98 valence electrons. The first-order chi connectivity index (χ1) is 9.38. The maximum atomic E-state index is 3.88. The van der Waals surface area contributed by atoms with Gasteiger partial charge in [-0.25, -0.2) is 0 Å². The molecule has 0 radical (unpaired) electrons. The maximum absolute atomic E-state index is 3.88. The summed E-state index contributed by atoms with van der Waals surface area (Å²) in [5, 5.41) is 6.87. The summed E-state index contributed by atoms with van der Waals surface area (Å²) in [6.07, 6.45) is 1.94. The van der Waals surface area contributed by atoms with Gasteiger partial charge in [0.1, 0.15) is 0 Å². The third-order valence-electron chi connectivity index (χ3n) is 2.95. The molecule has 0 amide bonds. The standard InChI is InChI=1S/C17H20N2/c1-2-16(19-17-11-7-4-8-12-17)14-18-13-15-9-5-3-6-10-15/h2-12,16,18-19H,1,13-14H2/t16-/m0/s1. The zero-order valence-corrected chi connectivity index (χ0v) is 11.0. The second-order valence-corrected chi connectivity index (χ2v) is 4.47. The molecule has 0 aliphatic rings. The summed E-state index contributed by atoms with van der Waals surface area (Å²) in [6.45, 7) is 5.61. The average molecular weight is 252 g/mol. The normalized spacial score (nSPS) is 11.8. The Kier molecular flexibility index (Phi) is 5.20. The number of nitrogens with one attached hydrogen (secondary N) is 2.